The minimum absolute atomic E-state index is 0.156. The van der Waals surface area contributed by atoms with Crippen LogP contribution in [0, 0.1) is 19.7 Å². The average molecular weight is 779 g/mol. The van der Waals surface area contributed by atoms with Gasteiger partial charge in [-0.05, 0) is 86.5 Å². The molecule has 3 aromatic carbocycles. The van der Waals surface area contributed by atoms with Gasteiger partial charge in [0.25, 0.3) is 5.91 Å². The van der Waals surface area contributed by atoms with Crippen molar-refractivity contribution >= 4 is 40.6 Å². The summed E-state index contributed by atoms with van der Waals surface area (Å²) in [7, 11) is -0.816. The Labute approximate surface area is 325 Å². The quantitative estimate of drug-likeness (QED) is 0.154. The Morgan fingerprint density at radius 2 is 1.64 bits per heavy atom. The summed E-state index contributed by atoms with van der Waals surface area (Å²) in [5, 5.41) is 9.96. The molecule has 1 fully saturated rings. The molecule has 6 aromatic rings. The first-order chi connectivity index (χ1) is 27.0. The number of halogens is 1. The van der Waals surface area contributed by atoms with Gasteiger partial charge in [0.2, 0.25) is 0 Å². The maximum Gasteiger partial charge on any atom is 0.337 e. The highest BCUT2D eigenvalue weighted by molar-refractivity contribution is 7.71. The van der Waals surface area contributed by atoms with Gasteiger partial charge >= 0.3 is 5.69 Å². The highest BCUT2D eigenvalue weighted by Gasteiger charge is 2.36. The van der Waals surface area contributed by atoms with E-state index < -0.39 is 13.2 Å². The second-order valence-corrected chi connectivity index (χ2v) is 18.3. The molecule has 8 rings (SSSR count). The van der Waals surface area contributed by atoms with Gasteiger partial charge in [-0.15, -0.1) is 0 Å². The summed E-state index contributed by atoms with van der Waals surface area (Å²) in [6.07, 6.45) is 4.50. The molecule has 56 heavy (non-hydrogen) atoms. The van der Waals surface area contributed by atoms with Crippen molar-refractivity contribution in [1.82, 2.24) is 28.8 Å². The SMILES string of the molecule is CCP(=O)(CC)c1ccc(-n2ccn(-c3c(-c4cc(C)c(F)c(C)c4)nn4c3C(C)N(C(=O)c3cc5cc(N6CCOCC6)ccc5[nH]3)CC4)c2=O)cc1NC. The van der Waals surface area contributed by atoms with Crippen LogP contribution in [-0.2, 0) is 15.8 Å². The largest absolute Gasteiger partial charge is 0.387 e. The first kappa shape index (κ1) is 37.5. The van der Waals surface area contributed by atoms with Crippen LogP contribution in [0.2, 0.25) is 0 Å². The molecule has 1 saturated heterocycles. The molecule has 14 heteroatoms. The number of imidazole rings is 1. The lowest BCUT2D eigenvalue weighted by atomic mass is 10.0. The fraction of sp³-hybridized carbons (Fsp3) is 0.357. The number of rotatable bonds is 9. The molecule has 0 bridgehead atoms. The maximum atomic E-state index is 14.9. The zero-order valence-corrected chi connectivity index (χ0v) is 33.6. The van der Waals surface area contributed by atoms with Crippen molar-refractivity contribution in [2.75, 3.05) is 62.4 Å². The Bertz CT molecular complexity index is 2570. The smallest absolute Gasteiger partial charge is 0.337 e. The van der Waals surface area contributed by atoms with E-state index in [0.29, 0.717) is 89.5 Å². The molecule has 0 spiro atoms. The number of amides is 1. The number of aromatic amines is 1. The van der Waals surface area contributed by atoms with E-state index in [0.717, 1.165) is 35.0 Å². The summed E-state index contributed by atoms with van der Waals surface area (Å²) in [5.74, 6) is -0.446. The monoisotopic (exact) mass is 778 g/mol. The Morgan fingerprint density at radius 3 is 2.34 bits per heavy atom. The Hall–Kier alpha value is -5.39. The van der Waals surface area contributed by atoms with Crippen LogP contribution < -0.4 is 21.2 Å². The number of H-pyrrole nitrogens is 1. The van der Waals surface area contributed by atoms with Gasteiger partial charge in [0, 0.05) is 84.5 Å². The lowest BCUT2D eigenvalue weighted by Crippen LogP contribution is -2.42. The fourth-order valence-electron chi connectivity index (χ4n) is 8.33. The van der Waals surface area contributed by atoms with Gasteiger partial charge in [-0.25, -0.2) is 9.18 Å². The topological polar surface area (TPSA) is 122 Å². The van der Waals surface area contributed by atoms with E-state index in [1.807, 2.05) is 60.7 Å². The number of ether oxygens (including phenoxy) is 1. The first-order valence-electron chi connectivity index (χ1n) is 19.3. The van der Waals surface area contributed by atoms with Gasteiger partial charge < -0.3 is 29.4 Å². The van der Waals surface area contributed by atoms with Crippen LogP contribution in [-0.4, -0.2) is 86.9 Å². The van der Waals surface area contributed by atoms with E-state index in [4.69, 9.17) is 9.84 Å². The molecule has 3 aromatic heterocycles. The van der Waals surface area contributed by atoms with Crippen LogP contribution >= 0.6 is 7.14 Å². The third-order valence-corrected chi connectivity index (χ3v) is 14.9. The summed E-state index contributed by atoms with van der Waals surface area (Å²) < 4.78 is 39.2. The van der Waals surface area contributed by atoms with Gasteiger partial charge in [-0.3, -0.25) is 18.6 Å². The van der Waals surface area contributed by atoms with Gasteiger partial charge in [0.15, 0.2) is 0 Å². The van der Waals surface area contributed by atoms with Crippen LogP contribution in [0.5, 0.6) is 0 Å². The molecule has 1 amide bonds. The minimum atomic E-state index is -2.61. The molecule has 2 aliphatic heterocycles. The molecule has 1 unspecified atom stereocenters. The number of nitrogens with zero attached hydrogens (tertiary/aromatic N) is 6. The Kier molecular flexibility index (Phi) is 9.78. The Morgan fingerprint density at radius 1 is 0.946 bits per heavy atom. The number of carbonyl (C=O) groups is 1. The van der Waals surface area contributed by atoms with E-state index in [1.165, 1.54) is 0 Å². The molecule has 2 aliphatic rings. The summed E-state index contributed by atoms with van der Waals surface area (Å²) >= 11 is 0. The lowest BCUT2D eigenvalue weighted by Gasteiger charge is -2.34. The van der Waals surface area contributed by atoms with Crippen molar-refractivity contribution in [1.29, 1.82) is 0 Å². The molecule has 1 atom stereocenters. The second kappa shape index (κ2) is 14.6. The molecule has 12 nitrogen and oxygen atoms in total. The van der Waals surface area contributed by atoms with Gasteiger partial charge in [0.05, 0.1) is 37.2 Å². The zero-order chi connectivity index (χ0) is 39.5. The molecule has 292 valence electrons. The van der Waals surface area contributed by atoms with Crippen LogP contribution in [0.15, 0.2) is 71.8 Å². The molecule has 0 radical (unpaired) electrons. The molecule has 0 saturated carbocycles. The highest BCUT2D eigenvalue weighted by atomic mass is 31.2. The summed E-state index contributed by atoms with van der Waals surface area (Å²) in [6, 6.07) is 16.7. The van der Waals surface area contributed by atoms with Crippen LogP contribution in [0.4, 0.5) is 15.8 Å². The van der Waals surface area contributed by atoms with Gasteiger partial charge in [0.1, 0.15) is 30.0 Å². The molecular weight excluding hydrogens is 730 g/mol. The standard InChI is InChI=1S/C42H48FN8O4P/c1-7-56(54,8-2)36-12-10-32(25-34(36)44-6)49-13-14-50(42(49)53)40-38(30-21-26(3)37(43)27(4)22-30)46-51-16-15-48(28(5)39(40)51)41(52)35-24-29-23-31(9-11-33(29)45-35)47-17-19-55-20-18-47/h9-14,21-25,28,44-45H,7-8,15-20H2,1-6H3. The van der Waals surface area contributed by atoms with Gasteiger partial charge in [-0.2, -0.15) is 5.10 Å². The number of morpholine rings is 1. The summed E-state index contributed by atoms with van der Waals surface area (Å²) in [6.45, 7) is 13.1. The normalized spacial score (nSPS) is 16.1. The lowest BCUT2D eigenvalue weighted by molar-refractivity contribution is 0.0631. The average Bonchev–Trinajstić information content (AvgIpc) is 3.94. The number of aryl methyl sites for hydroxylation is 2. The number of benzene rings is 3. The molecule has 0 aliphatic carbocycles. The second-order valence-electron chi connectivity index (χ2n) is 14.8. The number of fused-ring (bicyclic) bond motifs is 2. The molecular formula is C42H48FN8O4P. The number of hydrogen-bond acceptors (Lipinski definition) is 7. The van der Waals surface area contributed by atoms with E-state index >= 15 is 0 Å². The van der Waals surface area contributed by atoms with Crippen LogP contribution in [0.1, 0.15) is 54.1 Å². The first-order valence-corrected chi connectivity index (χ1v) is 21.4. The van der Waals surface area contributed by atoms with E-state index in [-0.39, 0.29) is 17.4 Å². The third-order valence-electron chi connectivity index (χ3n) is 11.6. The van der Waals surface area contributed by atoms with Crippen LogP contribution in [0.25, 0.3) is 33.5 Å². The number of anilines is 2. The molecule has 2 N–H and O–H groups in total. The number of carbonyl (C=O) groups excluding carboxylic acids is 1. The van der Waals surface area contributed by atoms with Crippen molar-refractivity contribution in [3.63, 3.8) is 0 Å². The highest BCUT2D eigenvalue weighted by Crippen LogP contribution is 2.46. The van der Waals surface area contributed by atoms with Crippen molar-refractivity contribution in [3.05, 3.63) is 106 Å². The van der Waals surface area contributed by atoms with Crippen molar-refractivity contribution in [2.24, 2.45) is 0 Å². The number of nitrogens with one attached hydrogen (secondary N) is 2. The van der Waals surface area contributed by atoms with Gasteiger partial charge in [-0.1, -0.05) is 13.8 Å². The predicted octanol–water partition coefficient (Wildman–Crippen LogP) is 6.85. The third kappa shape index (κ3) is 6.27. The van der Waals surface area contributed by atoms with E-state index in [1.54, 1.807) is 54.6 Å². The fourth-order valence-corrected chi connectivity index (χ4v) is 10.4. The van der Waals surface area contributed by atoms with Crippen LogP contribution in [0.3, 0.4) is 0 Å². The van der Waals surface area contributed by atoms with Crippen molar-refractivity contribution < 1.29 is 18.5 Å². The minimum Gasteiger partial charge on any atom is -0.387 e. The summed E-state index contributed by atoms with van der Waals surface area (Å²) in [5.41, 5.74) is 6.79. The maximum absolute atomic E-state index is 14.9. The predicted molar refractivity (Wildman–Crippen MR) is 221 cm³/mol. The molecule has 5 heterocycles. The van der Waals surface area contributed by atoms with Crippen molar-refractivity contribution in [2.45, 2.75) is 47.2 Å². The van der Waals surface area contributed by atoms with E-state index in [2.05, 4.69) is 27.3 Å². The number of aromatic nitrogens is 5. The van der Waals surface area contributed by atoms with Crippen molar-refractivity contribution in [3.8, 4) is 22.6 Å². The zero-order valence-electron chi connectivity index (χ0n) is 32.7. The van der Waals surface area contributed by atoms with E-state index in [9.17, 15) is 18.5 Å². The number of hydrogen-bond donors (Lipinski definition) is 2. The Balaban J connectivity index is 1.21. The summed E-state index contributed by atoms with van der Waals surface area (Å²) in [4.78, 5) is 36.4.